The van der Waals surface area contributed by atoms with E-state index in [0.29, 0.717) is 30.2 Å². The Morgan fingerprint density at radius 1 is 1.00 bits per heavy atom. The van der Waals surface area contributed by atoms with Crippen LogP contribution < -0.4 is 4.74 Å². The molecule has 0 spiro atoms. The number of halogens is 1. The first-order valence-electron chi connectivity index (χ1n) is 18.6. The molecule has 4 atom stereocenters. The first-order chi connectivity index (χ1) is 26.1. The number of pyridine rings is 1. The molecule has 1 aromatic heterocycles. The van der Waals surface area contributed by atoms with Gasteiger partial charge < -0.3 is 44.6 Å². The van der Waals surface area contributed by atoms with E-state index in [2.05, 4.69) is 11.1 Å². The van der Waals surface area contributed by atoms with Crippen molar-refractivity contribution < 1.29 is 49.3 Å². The molecule has 0 unspecified atom stereocenters. The molecule has 0 bridgehead atoms. The van der Waals surface area contributed by atoms with Crippen LogP contribution in [0.1, 0.15) is 69.4 Å². The lowest BCUT2D eigenvalue weighted by molar-refractivity contribution is -0.158. The van der Waals surface area contributed by atoms with Crippen LogP contribution in [0.4, 0.5) is 0 Å². The first-order valence-corrected chi connectivity index (χ1v) is 20.0. The predicted molar refractivity (Wildman–Crippen MR) is 204 cm³/mol. The van der Waals surface area contributed by atoms with Gasteiger partial charge in [-0.05, 0) is 99.1 Å². The van der Waals surface area contributed by atoms with Gasteiger partial charge in [-0.3, -0.25) is 14.6 Å². The van der Waals surface area contributed by atoms with Crippen molar-refractivity contribution in [1.29, 1.82) is 0 Å². The second kappa shape index (κ2) is 20.1. The highest BCUT2D eigenvalue weighted by atomic mass is 35.5. The molecule has 2 saturated carbocycles. The van der Waals surface area contributed by atoms with Crippen LogP contribution >= 0.6 is 23.4 Å². The molecule has 5 rings (SSSR count). The third-order valence-corrected chi connectivity index (χ3v) is 11.0. The third kappa shape index (κ3) is 11.4. The van der Waals surface area contributed by atoms with Gasteiger partial charge in [-0.25, -0.2) is 0 Å². The molecule has 1 heterocycles. The molecule has 14 heteroatoms. The molecule has 3 aromatic rings. The molecule has 0 saturated heterocycles. The number of aliphatic hydroxyl groups excluding tert-OH is 5. The number of carbonyl (C=O) groups is 2. The largest absolute Gasteiger partial charge is 0.490 e. The molecule has 54 heavy (non-hydrogen) atoms. The summed E-state index contributed by atoms with van der Waals surface area (Å²) in [6, 6.07) is 16.0. The fourth-order valence-corrected chi connectivity index (χ4v) is 7.30. The number of amides is 1. The number of rotatable bonds is 23. The van der Waals surface area contributed by atoms with E-state index in [1.165, 1.54) is 4.90 Å². The zero-order valence-electron chi connectivity index (χ0n) is 30.5. The molecule has 2 aliphatic carbocycles. The summed E-state index contributed by atoms with van der Waals surface area (Å²) >= 11 is 8.28. The zero-order valence-corrected chi connectivity index (χ0v) is 32.1. The Bertz CT molecular complexity index is 1690. The SMILES string of the molecule is CCOC(=O)CCCN(CCCCSc1ccc(Cl)c(COC2(c3cnccc3-c3ccccc3OC3CC3)CC2)c1)C(=O)[C@@H](O)[C@@H](O)[C@H](O)[C@@H](O)CO. The minimum atomic E-state index is -2.04. The van der Waals surface area contributed by atoms with E-state index < -0.39 is 48.5 Å². The van der Waals surface area contributed by atoms with Crippen LogP contribution in [-0.4, -0.2) is 110 Å². The average Bonchev–Trinajstić information content (AvgIpc) is 4.14. The number of hydrogen-bond donors (Lipinski definition) is 5. The molecule has 0 radical (unpaired) electrons. The molecule has 2 aliphatic rings. The number of para-hydroxylation sites is 1. The number of aliphatic hydroxyl groups is 5. The Morgan fingerprint density at radius 2 is 1.76 bits per heavy atom. The number of hydrogen-bond acceptors (Lipinski definition) is 12. The molecule has 5 N–H and O–H groups in total. The van der Waals surface area contributed by atoms with E-state index in [-0.39, 0.29) is 38.6 Å². The molecule has 0 aliphatic heterocycles. The maximum Gasteiger partial charge on any atom is 0.305 e. The normalized spacial score (nSPS) is 16.9. The molecular formula is C40H51ClN2O10S. The number of nitrogens with zero attached hydrogens (tertiary/aromatic N) is 2. The first kappa shape index (κ1) is 41.9. The van der Waals surface area contributed by atoms with E-state index in [4.69, 9.17) is 30.9 Å². The Labute approximate surface area is 325 Å². The predicted octanol–water partition coefficient (Wildman–Crippen LogP) is 4.63. The number of carbonyl (C=O) groups excluding carboxylic acids is 2. The second-order valence-corrected chi connectivity index (χ2v) is 15.3. The third-order valence-electron chi connectivity index (χ3n) is 9.56. The quantitative estimate of drug-likeness (QED) is 0.0512. The van der Waals surface area contributed by atoms with Crippen molar-refractivity contribution in [3.05, 3.63) is 77.1 Å². The number of unbranched alkanes of at least 4 members (excludes halogenated alkanes) is 1. The minimum Gasteiger partial charge on any atom is -0.490 e. The molecule has 2 aromatic carbocycles. The van der Waals surface area contributed by atoms with Gasteiger partial charge in [0, 0.05) is 52.9 Å². The Balaban J connectivity index is 1.16. The van der Waals surface area contributed by atoms with E-state index >= 15 is 0 Å². The van der Waals surface area contributed by atoms with Gasteiger partial charge in [0.1, 0.15) is 24.1 Å². The van der Waals surface area contributed by atoms with Gasteiger partial charge >= 0.3 is 5.97 Å². The smallest absolute Gasteiger partial charge is 0.305 e. The van der Waals surface area contributed by atoms with Gasteiger partial charge in [-0.2, -0.15) is 0 Å². The van der Waals surface area contributed by atoms with Crippen molar-refractivity contribution in [3.63, 3.8) is 0 Å². The lowest BCUT2D eigenvalue weighted by atomic mass is 9.96. The maximum absolute atomic E-state index is 13.1. The van der Waals surface area contributed by atoms with Crippen LogP contribution in [0.2, 0.25) is 5.02 Å². The van der Waals surface area contributed by atoms with Crippen LogP contribution in [-0.2, 0) is 31.3 Å². The van der Waals surface area contributed by atoms with Gasteiger partial charge in [0.15, 0.2) is 6.10 Å². The van der Waals surface area contributed by atoms with E-state index in [1.807, 2.05) is 48.7 Å². The average molecular weight is 787 g/mol. The van der Waals surface area contributed by atoms with Crippen molar-refractivity contribution in [1.82, 2.24) is 9.88 Å². The highest BCUT2D eigenvalue weighted by molar-refractivity contribution is 7.99. The summed E-state index contributed by atoms with van der Waals surface area (Å²) in [7, 11) is 0. The fourth-order valence-electron chi connectivity index (χ4n) is 6.15. The summed E-state index contributed by atoms with van der Waals surface area (Å²) in [4.78, 5) is 31.8. The summed E-state index contributed by atoms with van der Waals surface area (Å²) in [6.45, 7) is 1.72. The van der Waals surface area contributed by atoms with Crippen molar-refractivity contribution in [2.45, 2.75) is 106 Å². The Morgan fingerprint density at radius 3 is 2.48 bits per heavy atom. The van der Waals surface area contributed by atoms with Crippen LogP contribution in [0.5, 0.6) is 5.75 Å². The van der Waals surface area contributed by atoms with Crippen LogP contribution in [0, 0.1) is 0 Å². The van der Waals surface area contributed by atoms with Crippen molar-refractivity contribution in [2.75, 3.05) is 32.1 Å². The summed E-state index contributed by atoms with van der Waals surface area (Å²) in [5.41, 5.74) is 3.52. The van der Waals surface area contributed by atoms with Gasteiger partial charge in [-0.15, -0.1) is 11.8 Å². The number of thioether (sulfide) groups is 1. The van der Waals surface area contributed by atoms with E-state index in [9.17, 15) is 30.0 Å². The van der Waals surface area contributed by atoms with Gasteiger partial charge in [0.25, 0.3) is 5.91 Å². The van der Waals surface area contributed by atoms with Crippen LogP contribution in [0.3, 0.4) is 0 Å². The Hall–Kier alpha value is -3.27. The van der Waals surface area contributed by atoms with Crippen molar-refractivity contribution >= 4 is 35.2 Å². The monoisotopic (exact) mass is 786 g/mol. The standard InChI is InChI=1S/C40H51ClN2O10S/c1-2-51-35(46)10-7-20-43(39(50)38(49)37(48)36(47)33(45)24-44)19-5-6-21-54-28-13-14-32(41)26(22-28)25-52-40(16-17-40)31-23-42-18-15-29(31)30-8-3-4-9-34(30)53-27-11-12-27/h3-4,8-9,13-15,18,22-23,27,33,36-38,44-45,47-49H,2,5-7,10-12,16-17,19-21,24-25H2,1H3/t33-,36+,37-,38-/m0/s1. The molecule has 12 nitrogen and oxygen atoms in total. The summed E-state index contributed by atoms with van der Waals surface area (Å²) in [6.07, 6.45) is 1.72. The van der Waals surface area contributed by atoms with E-state index in [0.717, 1.165) is 58.6 Å². The maximum atomic E-state index is 13.1. The lowest BCUT2D eigenvalue weighted by Gasteiger charge is -2.30. The molecule has 294 valence electrons. The summed E-state index contributed by atoms with van der Waals surface area (Å²) in [5.74, 6) is 0.319. The van der Waals surface area contributed by atoms with Crippen molar-refractivity contribution in [2.24, 2.45) is 0 Å². The van der Waals surface area contributed by atoms with Gasteiger partial charge in [-0.1, -0.05) is 29.8 Å². The summed E-state index contributed by atoms with van der Waals surface area (Å²) in [5, 5.41) is 50.2. The fraction of sp³-hybridized carbons (Fsp3) is 0.525. The Kier molecular flexibility index (Phi) is 15.6. The summed E-state index contributed by atoms with van der Waals surface area (Å²) < 4.78 is 17.8. The highest BCUT2D eigenvalue weighted by Crippen LogP contribution is 2.53. The molecule has 1 amide bonds. The lowest BCUT2D eigenvalue weighted by Crippen LogP contribution is -2.53. The molecular weight excluding hydrogens is 736 g/mol. The van der Waals surface area contributed by atoms with Crippen LogP contribution in [0.25, 0.3) is 11.1 Å². The number of esters is 1. The van der Waals surface area contributed by atoms with Crippen LogP contribution in [0.15, 0.2) is 65.8 Å². The minimum absolute atomic E-state index is 0.0639. The van der Waals surface area contributed by atoms with E-state index in [1.54, 1.807) is 24.9 Å². The topological polar surface area (TPSA) is 179 Å². The van der Waals surface area contributed by atoms with Gasteiger partial charge in [0.05, 0.1) is 31.5 Å². The zero-order chi connectivity index (χ0) is 38.7. The number of aromatic nitrogens is 1. The van der Waals surface area contributed by atoms with Crippen molar-refractivity contribution in [3.8, 4) is 16.9 Å². The number of benzene rings is 2. The van der Waals surface area contributed by atoms with Gasteiger partial charge in [0.2, 0.25) is 0 Å². The molecule has 2 fully saturated rings. The number of ether oxygens (including phenoxy) is 3. The second-order valence-electron chi connectivity index (χ2n) is 13.7. The highest BCUT2D eigenvalue weighted by Gasteiger charge is 2.48.